The van der Waals surface area contributed by atoms with Crippen molar-refractivity contribution in [1.82, 2.24) is 4.98 Å². The second kappa shape index (κ2) is 15.9. The topological polar surface area (TPSA) is 185 Å². The Bertz CT molecular complexity index is 1170. The fourth-order valence-corrected chi connectivity index (χ4v) is 2.11. The van der Waals surface area contributed by atoms with Gasteiger partial charge >= 0.3 is 114 Å². The fraction of sp³-hybridized carbons (Fsp3) is 0. The maximum absolute atomic E-state index is 11.2. The van der Waals surface area contributed by atoms with Gasteiger partial charge in [0.05, 0.1) is 28.2 Å². The third-order valence-electron chi connectivity index (χ3n) is 3.42. The van der Waals surface area contributed by atoms with Crippen LogP contribution in [0.25, 0.3) is 0 Å². The third kappa shape index (κ3) is 10.7. The van der Waals surface area contributed by atoms with Gasteiger partial charge in [0, 0.05) is 12.1 Å². The monoisotopic (exact) mass is 496 g/mol. The quantitative estimate of drug-likeness (QED) is 0.191. The first-order chi connectivity index (χ1) is 14.8. The molecule has 154 valence electrons. The van der Waals surface area contributed by atoms with E-state index in [9.17, 15) is 10.1 Å². The maximum atomic E-state index is 11.2. The van der Waals surface area contributed by atoms with E-state index in [0.717, 1.165) is 0 Å². The van der Waals surface area contributed by atoms with Crippen molar-refractivity contribution in [3.63, 3.8) is 0 Å². The molecule has 0 radical (unpaired) electrons. The second-order valence-electron chi connectivity index (χ2n) is 5.46. The maximum Gasteiger partial charge on any atom is 1.00 e. The number of nitriles is 2. The number of nitro groups is 1. The summed E-state index contributed by atoms with van der Waals surface area (Å²) in [6.07, 6.45) is -2.33. The van der Waals surface area contributed by atoms with E-state index in [2.05, 4.69) is 4.98 Å². The molecule has 0 saturated carbocycles. The fourth-order valence-electron chi connectivity index (χ4n) is 2.11. The summed E-state index contributed by atoms with van der Waals surface area (Å²) in [7, 11) is 0. The first-order valence-corrected chi connectivity index (χ1v) is 8.22. The minimum absolute atomic E-state index is 0. The summed E-state index contributed by atoms with van der Waals surface area (Å²) in [5, 5.41) is 45.5. The van der Waals surface area contributed by atoms with E-state index < -0.39 is 11.1 Å². The average Bonchev–Trinajstić information content (AvgIpc) is 2.74. The smallest absolute Gasteiger partial charge is 0.652 e. The molecule has 0 N–H and O–H groups in total. The summed E-state index contributed by atoms with van der Waals surface area (Å²) >= 11 is 0. The zero-order valence-electron chi connectivity index (χ0n) is 17.4. The van der Waals surface area contributed by atoms with Crippen molar-refractivity contribution < 1.29 is 132 Å². The minimum atomic E-state index is -2.33. The Labute approximate surface area is 272 Å². The molecule has 0 bridgehead atoms. The SMILES string of the molecule is N#Cc1ccc(Oc2ccc([N+](=O)[O-])c(Oc3ccc(C#N)cc3)n2)cc1.O=C([O-])[O-].[K+].[K+]. The van der Waals surface area contributed by atoms with E-state index >= 15 is 0 Å². The molecule has 0 aliphatic carbocycles. The van der Waals surface area contributed by atoms with Gasteiger partial charge in [0.15, 0.2) is 0 Å². The molecule has 1 aromatic heterocycles. The second-order valence-corrected chi connectivity index (χ2v) is 5.46. The summed E-state index contributed by atoms with van der Waals surface area (Å²) in [6, 6.07) is 19.0. The van der Waals surface area contributed by atoms with Crippen LogP contribution in [0.2, 0.25) is 0 Å². The van der Waals surface area contributed by atoms with Crippen LogP contribution < -0.4 is 122 Å². The molecule has 11 nitrogen and oxygen atoms in total. The van der Waals surface area contributed by atoms with Gasteiger partial charge in [-0.25, -0.2) is 0 Å². The number of rotatable bonds is 5. The van der Waals surface area contributed by atoms with Gasteiger partial charge in [-0.15, -0.1) is 0 Å². The molecular weight excluding hydrogens is 486 g/mol. The summed E-state index contributed by atoms with van der Waals surface area (Å²) in [5.74, 6) is 0.560. The van der Waals surface area contributed by atoms with Gasteiger partial charge in [0.25, 0.3) is 0 Å². The molecule has 13 heteroatoms. The van der Waals surface area contributed by atoms with Crippen LogP contribution in [0.5, 0.6) is 23.3 Å². The van der Waals surface area contributed by atoms with E-state index in [4.69, 9.17) is 35.0 Å². The van der Waals surface area contributed by atoms with E-state index in [-0.39, 0.29) is 120 Å². The number of benzene rings is 2. The number of carbonyl (C=O) groups is 1. The molecule has 0 fully saturated rings. The molecule has 1 heterocycles. The normalized spacial score (nSPS) is 8.67. The summed E-state index contributed by atoms with van der Waals surface area (Å²) < 4.78 is 11.1. The van der Waals surface area contributed by atoms with E-state index in [1.807, 2.05) is 12.1 Å². The van der Waals surface area contributed by atoms with Gasteiger partial charge in [-0.05, 0) is 54.7 Å². The molecule has 3 rings (SSSR count). The van der Waals surface area contributed by atoms with Crippen molar-refractivity contribution in [3.05, 3.63) is 81.9 Å². The van der Waals surface area contributed by atoms with Gasteiger partial charge in [-0.1, -0.05) is 0 Å². The number of carbonyl (C=O) groups excluding carboxylic acids is 1. The van der Waals surface area contributed by atoms with Gasteiger partial charge in [0.2, 0.25) is 5.88 Å². The molecule has 0 aliphatic heterocycles. The van der Waals surface area contributed by atoms with Crippen LogP contribution in [0.15, 0.2) is 60.7 Å². The Morgan fingerprint density at radius 1 is 0.818 bits per heavy atom. The van der Waals surface area contributed by atoms with Crippen LogP contribution in [-0.2, 0) is 0 Å². The van der Waals surface area contributed by atoms with Crippen LogP contribution >= 0.6 is 0 Å². The van der Waals surface area contributed by atoms with Crippen molar-refractivity contribution in [1.29, 1.82) is 10.5 Å². The van der Waals surface area contributed by atoms with E-state index in [1.165, 1.54) is 36.4 Å². The molecule has 0 spiro atoms. The van der Waals surface area contributed by atoms with Crippen molar-refractivity contribution in [2.24, 2.45) is 0 Å². The minimum Gasteiger partial charge on any atom is -0.652 e. The molecule has 0 atom stereocenters. The summed E-state index contributed by atoms with van der Waals surface area (Å²) in [5.41, 5.74) is 0.582. The Hall–Kier alpha value is -1.89. The summed E-state index contributed by atoms with van der Waals surface area (Å²) in [4.78, 5) is 23.0. The third-order valence-corrected chi connectivity index (χ3v) is 3.42. The Kier molecular flexibility index (Phi) is 15.0. The average molecular weight is 497 g/mol. The van der Waals surface area contributed by atoms with Crippen molar-refractivity contribution in [3.8, 4) is 35.4 Å². The number of nitrogens with zero attached hydrogens (tertiary/aromatic N) is 4. The van der Waals surface area contributed by atoms with Crippen molar-refractivity contribution in [2.75, 3.05) is 0 Å². The number of ether oxygens (including phenoxy) is 2. The first-order valence-electron chi connectivity index (χ1n) is 8.22. The molecular formula is C20H10K2N4O7. The molecule has 0 aliphatic rings. The molecule has 33 heavy (non-hydrogen) atoms. The van der Waals surface area contributed by atoms with Crippen molar-refractivity contribution >= 4 is 11.8 Å². The molecule has 2 aromatic carbocycles. The number of pyridine rings is 1. The Balaban J connectivity index is 0.00000158. The first kappa shape index (κ1) is 31.1. The van der Waals surface area contributed by atoms with Crippen LogP contribution in [0.3, 0.4) is 0 Å². The van der Waals surface area contributed by atoms with Crippen LogP contribution in [0.1, 0.15) is 11.1 Å². The molecule has 3 aromatic rings. The Morgan fingerprint density at radius 2 is 1.24 bits per heavy atom. The molecule has 0 unspecified atom stereocenters. The summed E-state index contributed by atoms with van der Waals surface area (Å²) in [6.45, 7) is 0. The van der Waals surface area contributed by atoms with Gasteiger partial charge in [-0.3, -0.25) is 10.1 Å². The van der Waals surface area contributed by atoms with Gasteiger partial charge < -0.3 is 24.5 Å². The predicted octanol–water partition coefficient (Wildman–Crippen LogP) is -4.12. The van der Waals surface area contributed by atoms with E-state index in [1.54, 1.807) is 24.3 Å². The molecule has 0 saturated heterocycles. The number of hydrogen-bond acceptors (Lipinski definition) is 10. The van der Waals surface area contributed by atoms with Crippen LogP contribution in [0.4, 0.5) is 10.5 Å². The standard InChI is InChI=1S/C19H10N4O4.CH2O3.2K/c20-11-13-1-5-15(6-2-13)26-18-10-9-17(23(24)25)19(22-18)27-16-7-3-14(12-21)4-8-16;2-1(3)4;;/h1-10H;(H2,2,3,4);;/q;;2*+1/p-2. The van der Waals surface area contributed by atoms with Crippen LogP contribution in [0, 0.1) is 32.8 Å². The molecule has 0 amide bonds. The zero-order valence-corrected chi connectivity index (χ0v) is 23.7. The van der Waals surface area contributed by atoms with Crippen LogP contribution in [-0.4, -0.2) is 16.1 Å². The van der Waals surface area contributed by atoms with Gasteiger partial charge in [-0.2, -0.15) is 15.5 Å². The number of hydrogen-bond donors (Lipinski definition) is 0. The zero-order chi connectivity index (χ0) is 22.8. The van der Waals surface area contributed by atoms with Gasteiger partial charge in [0.1, 0.15) is 11.5 Å². The van der Waals surface area contributed by atoms with E-state index in [0.29, 0.717) is 22.6 Å². The largest absolute Gasteiger partial charge is 1.00 e. The Morgan fingerprint density at radius 3 is 1.64 bits per heavy atom. The van der Waals surface area contributed by atoms with Crippen molar-refractivity contribution in [2.45, 2.75) is 0 Å². The predicted molar refractivity (Wildman–Crippen MR) is 98.7 cm³/mol. The number of carboxylic acid groups (broad SMARTS) is 2. The number of aromatic nitrogens is 1.